The predicted octanol–water partition coefficient (Wildman–Crippen LogP) is 0.464. The monoisotopic (exact) mass is 301 g/mol. The second-order valence-corrected chi connectivity index (χ2v) is 8.20. The van der Waals surface area contributed by atoms with Crippen LogP contribution in [0.3, 0.4) is 0 Å². The third kappa shape index (κ3) is 2.34. The van der Waals surface area contributed by atoms with Gasteiger partial charge in [0, 0.05) is 19.6 Å². The Kier molecular flexibility index (Phi) is 3.65. The first-order valence-corrected chi connectivity index (χ1v) is 8.95. The number of hydrogen-bond donors (Lipinski definition) is 2. The molecule has 0 amide bonds. The quantitative estimate of drug-likeness (QED) is 0.833. The Morgan fingerprint density at radius 2 is 2.00 bits per heavy atom. The van der Waals surface area contributed by atoms with Crippen LogP contribution in [0.1, 0.15) is 12.8 Å². The van der Waals surface area contributed by atoms with Gasteiger partial charge in [-0.1, -0.05) is 6.07 Å². The van der Waals surface area contributed by atoms with E-state index in [0.717, 1.165) is 39.0 Å². The van der Waals surface area contributed by atoms with E-state index in [4.69, 9.17) is 0 Å². The molecule has 1 aromatic rings. The summed E-state index contributed by atoms with van der Waals surface area (Å²) in [6.07, 6.45) is 1.76. The topological polar surface area (TPSA) is 61.4 Å². The number of sulfonamides is 1. The van der Waals surface area contributed by atoms with E-state index < -0.39 is 10.0 Å². The highest BCUT2D eigenvalue weighted by Gasteiger charge is 2.46. The van der Waals surface area contributed by atoms with Crippen molar-refractivity contribution >= 4 is 21.4 Å². The van der Waals surface area contributed by atoms with E-state index in [-0.39, 0.29) is 5.54 Å². The molecule has 19 heavy (non-hydrogen) atoms. The third-order valence-corrected chi connectivity index (χ3v) is 7.43. The van der Waals surface area contributed by atoms with Crippen molar-refractivity contribution in [1.29, 1.82) is 0 Å². The Bertz CT molecular complexity index is 513. The van der Waals surface area contributed by atoms with Crippen LogP contribution >= 0.6 is 11.3 Å². The van der Waals surface area contributed by atoms with E-state index in [0.29, 0.717) is 10.8 Å². The first-order valence-electron chi connectivity index (χ1n) is 6.63. The van der Waals surface area contributed by atoms with Crippen molar-refractivity contribution in [3.8, 4) is 0 Å². The maximum absolute atomic E-state index is 12.8. The van der Waals surface area contributed by atoms with Crippen LogP contribution in [0.4, 0.5) is 0 Å². The van der Waals surface area contributed by atoms with Crippen LogP contribution in [-0.4, -0.2) is 51.0 Å². The summed E-state index contributed by atoms with van der Waals surface area (Å²) in [6, 6.07) is 3.51. The van der Waals surface area contributed by atoms with E-state index in [1.165, 1.54) is 11.3 Å². The fourth-order valence-corrected chi connectivity index (χ4v) is 5.97. The molecule has 1 spiro atoms. The molecule has 7 heteroatoms. The largest absolute Gasteiger partial charge is 0.317 e. The van der Waals surface area contributed by atoms with Crippen molar-refractivity contribution in [3.05, 3.63) is 17.5 Å². The lowest BCUT2D eigenvalue weighted by molar-refractivity contribution is 0.108. The average molecular weight is 301 g/mol. The minimum Gasteiger partial charge on any atom is -0.317 e. The van der Waals surface area contributed by atoms with Crippen molar-refractivity contribution in [2.45, 2.75) is 22.6 Å². The molecular formula is C12H19N3O2S2. The molecule has 3 heterocycles. The molecule has 2 fully saturated rings. The molecule has 2 aliphatic heterocycles. The molecule has 0 radical (unpaired) electrons. The van der Waals surface area contributed by atoms with Gasteiger partial charge in [-0.25, -0.2) is 8.42 Å². The number of piperazine rings is 1. The van der Waals surface area contributed by atoms with Gasteiger partial charge in [-0.05, 0) is 37.4 Å². The Hall–Kier alpha value is -0.470. The van der Waals surface area contributed by atoms with Gasteiger partial charge in [0.05, 0.1) is 5.54 Å². The number of thiophene rings is 1. The van der Waals surface area contributed by atoms with E-state index in [1.54, 1.807) is 16.4 Å². The molecule has 5 nitrogen and oxygen atoms in total. The van der Waals surface area contributed by atoms with Gasteiger partial charge in [-0.2, -0.15) is 4.31 Å². The summed E-state index contributed by atoms with van der Waals surface area (Å²) in [5.74, 6) is 0. The SMILES string of the molecule is O=S(=O)(c1cccs1)N1CCNCC12CCNCC2. The lowest BCUT2D eigenvalue weighted by Crippen LogP contribution is -2.65. The molecule has 2 aliphatic rings. The fraction of sp³-hybridized carbons (Fsp3) is 0.667. The van der Waals surface area contributed by atoms with Gasteiger partial charge >= 0.3 is 0 Å². The Labute approximate surface area is 118 Å². The Balaban J connectivity index is 1.96. The van der Waals surface area contributed by atoms with Crippen molar-refractivity contribution in [2.75, 3.05) is 32.7 Å². The van der Waals surface area contributed by atoms with Crippen LogP contribution in [0, 0.1) is 0 Å². The Morgan fingerprint density at radius 3 is 2.68 bits per heavy atom. The summed E-state index contributed by atoms with van der Waals surface area (Å²) in [4.78, 5) is 0. The van der Waals surface area contributed by atoms with Crippen LogP contribution in [-0.2, 0) is 10.0 Å². The summed E-state index contributed by atoms with van der Waals surface area (Å²) < 4.78 is 27.8. The number of nitrogens with one attached hydrogen (secondary N) is 2. The molecule has 0 aliphatic carbocycles. The summed E-state index contributed by atoms with van der Waals surface area (Å²) >= 11 is 1.31. The zero-order chi connectivity index (χ0) is 13.3. The Morgan fingerprint density at radius 1 is 1.21 bits per heavy atom. The van der Waals surface area contributed by atoms with Crippen LogP contribution < -0.4 is 10.6 Å². The van der Waals surface area contributed by atoms with E-state index in [2.05, 4.69) is 10.6 Å². The van der Waals surface area contributed by atoms with E-state index in [1.807, 2.05) is 5.38 Å². The zero-order valence-electron chi connectivity index (χ0n) is 10.8. The zero-order valence-corrected chi connectivity index (χ0v) is 12.4. The number of rotatable bonds is 2. The number of hydrogen-bond acceptors (Lipinski definition) is 5. The lowest BCUT2D eigenvalue weighted by Gasteiger charge is -2.48. The fourth-order valence-electron chi connectivity index (χ4n) is 3.04. The second-order valence-electron chi connectivity index (χ2n) is 5.16. The molecule has 0 saturated carbocycles. The highest BCUT2D eigenvalue weighted by Crippen LogP contribution is 2.34. The third-order valence-electron chi connectivity index (χ3n) is 4.05. The van der Waals surface area contributed by atoms with E-state index >= 15 is 0 Å². The summed E-state index contributed by atoms with van der Waals surface area (Å²) in [7, 11) is -3.34. The van der Waals surface area contributed by atoms with Gasteiger partial charge in [0.25, 0.3) is 10.0 Å². The summed E-state index contributed by atoms with van der Waals surface area (Å²) in [5, 5.41) is 8.50. The number of piperidine rings is 1. The molecule has 2 saturated heterocycles. The molecule has 2 N–H and O–H groups in total. The first-order chi connectivity index (χ1) is 9.15. The maximum atomic E-state index is 12.8. The van der Waals surface area contributed by atoms with Crippen LogP contribution in [0.2, 0.25) is 0 Å². The van der Waals surface area contributed by atoms with Crippen LogP contribution in [0.5, 0.6) is 0 Å². The smallest absolute Gasteiger partial charge is 0.253 e. The minimum atomic E-state index is -3.34. The second kappa shape index (κ2) is 5.14. The minimum absolute atomic E-state index is 0.244. The van der Waals surface area contributed by atoms with Crippen LogP contribution in [0.25, 0.3) is 0 Å². The van der Waals surface area contributed by atoms with E-state index in [9.17, 15) is 8.42 Å². The molecular weight excluding hydrogens is 282 g/mol. The highest BCUT2D eigenvalue weighted by atomic mass is 32.2. The predicted molar refractivity (Wildman–Crippen MR) is 75.9 cm³/mol. The first kappa shape index (κ1) is 13.5. The van der Waals surface area contributed by atoms with Gasteiger partial charge < -0.3 is 10.6 Å². The van der Waals surface area contributed by atoms with Crippen molar-refractivity contribution in [1.82, 2.24) is 14.9 Å². The summed E-state index contributed by atoms with van der Waals surface area (Å²) in [5.41, 5.74) is -0.244. The molecule has 3 rings (SSSR count). The maximum Gasteiger partial charge on any atom is 0.253 e. The van der Waals surface area contributed by atoms with Crippen LogP contribution in [0.15, 0.2) is 21.7 Å². The standard InChI is InChI=1S/C12H19N3O2S2/c16-19(17,11-2-1-9-18-11)15-8-7-14-10-12(15)3-5-13-6-4-12/h1-2,9,13-14H,3-8,10H2. The normalized spacial score (nSPS) is 24.6. The van der Waals surface area contributed by atoms with Crippen molar-refractivity contribution in [2.24, 2.45) is 0 Å². The molecule has 0 atom stereocenters. The van der Waals surface area contributed by atoms with Gasteiger partial charge in [0.2, 0.25) is 0 Å². The lowest BCUT2D eigenvalue weighted by atomic mass is 9.87. The highest BCUT2D eigenvalue weighted by molar-refractivity contribution is 7.91. The average Bonchev–Trinajstić information content (AvgIpc) is 2.94. The number of nitrogens with zero attached hydrogens (tertiary/aromatic N) is 1. The summed E-state index contributed by atoms with van der Waals surface area (Å²) in [6.45, 7) is 3.84. The van der Waals surface area contributed by atoms with Crippen molar-refractivity contribution < 1.29 is 8.42 Å². The molecule has 106 valence electrons. The molecule has 1 aromatic heterocycles. The van der Waals surface area contributed by atoms with Gasteiger partial charge in [0.15, 0.2) is 0 Å². The van der Waals surface area contributed by atoms with Crippen molar-refractivity contribution in [3.63, 3.8) is 0 Å². The van der Waals surface area contributed by atoms with Gasteiger partial charge in [0.1, 0.15) is 4.21 Å². The molecule has 0 unspecified atom stereocenters. The van der Waals surface area contributed by atoms with Gasteiger partial charge in [-0.15, -0.1) is 11.3 Å². The molecule has 0 bridgehead atoms. The molecule has 0 aromatic carbocycles. The van der Waals surface area contributed by atoms with Gasteiger partial charge in [-0.3, -0.25) is 0 Å².